The highest BCUT2D eigenvalue weighted by atomic mass is 35.5. The van der Waals surface area contributed by atoms with Gasteiger partial charge in [0.25, 0.3) is 0 Å². The normalized spacial score (nSPS) is 12.9. The zero-order chi connectivity index (χ0) is 16.2. The lowest BCUT2D eigenvalue weighted by Crippen LogP contribution is -2.15. The van der Waals surface area contributed by atoms with E-state index in [4.69, 9.17) is 11.6 Å². The number of nitrogens with one attached hydrogen (secondary N) is 1. The molecule has 118 valence electrons. The van der Waals surface area contributed by atoms with Crippen molar-refractivity contribution in [3.8, 4) is 0 Å². The fraction of sp³-hybridized carbons (Fsp3) is 0.250. The van der Waals surface area contributed by atoms with Crippen LogP contribution in [0.1, 0.15) is 18.6 Å². The first-order valence-corrected chi connectivity index (χ1v) is 8.97. The third-order valence-electron chi connectivity index (χ3n) is 3.35. The van der Waals surface area contributed by atoms with E-state index >= 15 is 0 Å². The zero-order valence-electron chi connectivity index (χ0n) is 12.2. The molecule has 0 fully saturated rings. The van der Waals surface area contributed by atoms with Gasteiger partial charge in [-0.05, 0) is 18.2 Å². The van der Waals surface area contributed by atoms with Gasteiger partial charge < -0.3 is 10.4 Å². The summed E-state index contributed by atoms with van der Waals surface area (Å²) in [6.07, 6.45) is -0.828. The molecular weight excluding hydrogens is 322 g/mol. The van der Waals surface area contributed by atoms with Crippen LogP contribution in [-0.2, 0) is 9.84 Å². The fourth-order valence-corrected chi connectivity index (χ4v) is 3.44. The van der Waals surface area contributed by atoms with Gasteiger partial charge in [0.2, 0.25) is 0 Å². The number of halogens is 1. The molecule has 0 saturated carbocycles. The summed E-state index contributed by atoms with van der Waals surface area (Å²) in [4.78, 5) is 0.240. The van der Waals surface area contributed by atoms with Gasteiger partial charge in [0.1, 0.15) is 0 Å². The van der Waals surface area contributed by atoms with Crippen molar-refractivity contribution in [2.45, 2.75) is 17.9 Å². The van der Waals surface area contributed by atoms with Gasteiger partial charge in [0, 0.05) is 17.1 Å². The number of benzene rings is 2. The summed E-state index contributed by atoms with van der Waals surface area (Å²) >= 11 is 6.04. The predicted molar refractivity (Wildman–Crippen MR) is 89.1 cm³/mol. The van der Waals surface area contributed by atoms with E-state index in [-0.39, 0.29) is 17.2 Å². The summed E-state index contributed by atoms with van der Waals surface area (Å²) in [7, 11) is -3.32. The summed E-state index contributed by atoms with van der Waals surface area (Å²) in [6.45, 7) is 1.77. The van der Waals surface area contributed by atoms with Crippen molar-refractivity contribution in [3.63, 3.8) is 0 Å². The summed E-state index contributed by atoms with van der Waals surface area (Å²) in [6, 6.07) is 13.7. The van der Waals surface area contributed by atoms with Gasteiger partial charge in [-0.2, -0.15) is 0 Å². The van der Waals surface area contributed by atoms with Gasteiger partial charge >= 0.3 is 0 Å². The number of para-hydroxylation sites is 1. The van der Waals surface area contributed by atoms with Crippen molar-refractivity contribution in [2.75, 3.05) is 17.6 Å². The number of anilines is 1. The summed E-state index contributed by atoms with van der Waals surface area (Å²) in [5.74, 6) is 0.0265. The minimum atomic E-state index is -3.32. The average Bonchev–Trinajstić information content (AvgIpc) is 2.53. The second-order valence-electron chi connectivity index (χ2n) is 4.82. The molecule has 2 N–H and O–H groups in total. The monoisotopic (exact) mass is 339 g/mol. The van der Waals surface area contributed by atoms with Crippen molar-refractivity contribution in [1.82, 2.24) is 0 Å². The minimum Gasteiger partial charge on any atom is -0.387 e. The third-order valence-corrected chi connectivity index (χ3v) is 5.48. The molecule has 4 nitrogen and oxygen atoms in total. The maximum Gasteiger partial charge on any atom is 0.180 e. The third kappa shape index (κ3) is 3.80. The molecule has 0 spiro atoms. The number of hydrogen-bond donors (Lipinski definition) is 2. The number of rotatable bonds is 6. The van der Waals surface area contributed by atoms with E-state index in [1.807, 2.05) is 0 Å². The largest absolute Gasteiger partial charge is 0.387 e. The van der Waals surface area contributed by atoms with E-state index in [0.29, 0.717) is 16.3 Å². The van der Waals surface area contributed by atoms with Gasteiger partial charge in [-0.25, -0.2) is 8.42 Å². The second-order valence-corrected chi connectivity index (χ2v) is 7.47. The first kappa shape index (κ1) is 16.8. The molecule has 0 aromatic heterocycles. The van der Waals surface area contributed by atoms with Gasteiger partial charge in [0.15, 0.2) is 9.84 Å². The Kier molecular flexibility index (Phi) is 5.45. The Bertz CT molecular complexity index is 747. The Hall–Kier alpha value is -1.56. The van der Waals surface area contributed by atoms with E-state index in [2.05, 4.69) is 5.32 Å². The lowest BCUT2D eigenvalue weighted by molar-refractivity contribution is 0.191. The number of aliphatic hydroxyl groups excluding tert-OH is 1. The van der Waals surface area contributed by atoms with E-state index in [1.165, 1.54) is 0 Å². The lowest BCUT2D eigenvalue weighted by atomic mass is 10.1. The molecule has 22 heavy (non-hydrogen) atoms. The SMILES string of the molecule is CCS(=O)(=O)c1ccccc1NC[C@@H](O)c1ccccc1Cl. The first-order valence-electron chi connectivity index (χ1n) is 6.94. The van der Waals surface area contributed by atoms with Crippen LogP contribution < -0.4 is 5.32 Å². The Morgan fingerprint density at radius 2 is 1.77 bits per heavy atom. The van der Waals surface area contributed by atoms with E-state index in [9.17, 15) is 13.5 Å². The van der Waals surface area contributed by atoms with Crippen molar-refractivity contribution in [1.29, 1.82) is 0 Å². The maximum absolute atomic E-state index is 12.1. The summed E-state index contributed by atoms with van der Waals surface area (Å²) in [5, 5.41) is 13.7. The molecule has 0 aliphatic rings. The number of aliphatic hydroxyl groups is 1. The Balaban J connectivity index is 2.18. The van der Waals surface area contributed by atoms with Crippen LogP contribution in [0.25, 0.3) is 0 Å². The molecule has 1 atom stereocenters. The summed E-state index contributed by atoms with van der Waals surface area (Å²) in [5.41, 5.74) is 1.09. The van der Waals surface area contributed by atoms with Crippen LogP contribution >= 0.6 is 11.6 Å². The number of sulfone groups is 1. The van der Waals surface area contributed by atoms with Crippen LogP contribution in [0, 0.1) is 0 Å². The highest BCUT2D eigenvalue weighted by molar-refractivity contribution is 7.91. The molecular formula is C16H18ClNO3S. The highest BCUT2D eigenvalue weighted by Crippen LogP contribution is 2.25. The molecule has 6 heteroatoms. The molecule has 0 saturated heterocycles. The van der Waals surface area contributed by atoms with E-state index in [0.717, 1.165) is 0 Å². The van der Waals surface area contributed by atoms with Crippen LogP contribution in [-0.4, -0.2) is 25.8 Å². The van der Waals surface area contributed by atoms with Crippen LogP contribution in [0.5, 0.6) is 0 Å². The molecule has 0 aliphatic heterocycles. The smallest absolute Gasteiger partial charge is 0.180 e. The van der Waals surface area contributed by atoms with Gasteiger partial charge in [-0.15, -0.1) is 0 Å². The molecule has 0 heterocycles. The van der Waals surface area contributed by atoms with Crippen molar-refractivity contribution < 1.29 is 13.5 Å². The second kappa shape index (κ2) is 7.13. The Labute approximate surface area is 135 Å². The highest BCUT2D eigenvalue weighted by Gasteiger charge is 2.17. The molecule has 0 unspecified atom stereocenters. The van der Waals surface area contributed by atoms with Gasteiger partial charge in [0.05, 0.1) is 22.4 Å². The molecule has 0 radical (unpaired) electrons. The Morgan fingerprint density at radius 3 is 2.45 bits per heavy atom. The molecule has 0 aliphatic carbocycles. The quantitative estimate of drug-likeness (QED) is 0.847. The zero-order valence-corrected chi connectivity index (χ0v) is 13.7. The Morgan fingerprint density at radius 1 is 1.14 bits per heavy atom. The number of hydrogen-bond acceptors (Lipinski definition) is 4. The summed E-state index contributed by atoms with van der Waals surface area (Å²) < 4.78 is 24.1. The van der Waals surface area contributed by atoms with Gasteiger partial charge in [-0.3, -0.25) is 0 Å². The molecule has 2 aromatic rings. The topological polar surface area (TPSA) is 66.4 Å². The molecule has 0 bridgehead atoms. The van der Waals surface area contributed by atoms with Crippen molar-refractivity contribution in [2.24, 2.45) is 0 Å². The maximum atomic E-state index is 12.1. The van der Waals surface area contributed by atoms with Crippen LogP contribution in [0.4, 0.5) is 5.69 Å². The standard InChI is InChI=1S/C16H18ClNO3S/c1-2-22(20,21)16-10-6-5-9-14(16)18-11-15(19)12-7-3-4-8-13(12)17/h3-10,15,18-19H,2,11H2,1H3/t15-/m1/s1. The molecule has 0 amide bonds. The van der Waals surface area contributed by atoms with Crippen molar-refractivity contribution in [3.05, 3.63) is 59.1 Å². The van der Waals surface area contributed by atoms with E-state index < -0.39 is 15.9 Å². The van der Waals surface area contributed by atoms with E-state index in [1.54, 1.807) is 55.5 Å². The fourth-order valence-electron chi connectivity index (χ4n) is 2.10. The molecule has 2 rings (SSSR count). The van der Waals surface area contributed by atoms with Crippen LogP contribution in [0.15, 0.2) is 53.4 Å². The van der Waals surface area contributed by atoms with Crippen LogP contribution in [0.3, 0.4) is 0 Å². The lowest BCUT2D eigenvalue weighted by Gasteiger charge is -2.16. The van der Waals surface area contributed by atoms with Crippen LogP contribution in [0.2, 0.25) is 5.02 Å². The minimum absolute atomic E-state index is 0.0265. The van der Waals surface area contributed by atoms with Gasteiger partial charge in [-0.1, -0.05) is 48.9 Å². The first-order chi connectivity index (χ1) is 10.5. The van der Waals surface area contributed by atoms with Crippen molar-refractivity contribution >= 4 is 27.1 Å². The predicted octanol–water partition coefficient (Wildman–Crippen LogP) is 3.28. The average molecular weight is 340 g/mol. The molecule has 2 aromatic carbocycles.